The van der Waals surface area contributed by atoms with Gasteiger partial charge in [0.2, 0.25) is 0 Å². The average molecular weight is 292 g/mol. The molecule has 0 aromatic rings. The predicted octanol–water partition coefficient (Wildman–Crippen LogP) is 1.10. The molecule has 4 rings (SSSR count). The minimum absolute atomic E-state index is 0.0456. The van der Waals surface area contributed by atoms with E-state index in [9.17, 15) is 4.79 Å². The highest BCUT2D eigenvalue weighted by Gasteiger charge is 2.42. The number of hydrogen-bond donors (Lipinski definition) is 3. The molecule has 4 nitrogen and oxygen atoms in total. The van der Waals surface area contributed by atoms with E-state index in [1.165, 1.54) is 45.2 Å². The number of amides is 2. The van der Waals surface area contributed by atoms with Crippen LogP contribution >= 0.6 is 0 Å². The van der Waals surface area contributed by atoms with Crippen LogP contribution in [0.3, 0.4) is 0 Å². The van der Waals surface area contributed by atoms with E-state index in [-0.39, 0.29) is 6.03 Å². The van der Waals surface area contributed by atoms with Crippen molar-refractivity contribution in [2.45, 2.75) is 57.0 Å². The first-order chi connectivity index (χ1) is 10.3. The standard InChI is InChI=1S/C17H29N3O/c1-2-13-12-20-9-8-14(13)10-16(20)11-18-17(21)19-15-6-4-3-5-7-15/h2,13-16H,1,3-12H2,(H2,18,19,21)/p+1/t13-,14-,16+/m0/s1. The van der Waals surface area contributed by atoms with Crippen molar-refractivity contribution in [2.24, 2.45) is 11.8 Å². The summed E-state index contributed by atoms with van der Waals surface area (Å²) < 4.78 is 0. The Morgan fingerprint density at radius 3 is 2.71 bits per heavy atom. The highest BCUT2D eigenvalue weighted by Crippen LogP contribution is 2.27. The second-order valence-electron chi connectivity index (χ2n) is 7.18. The molecule has 4 atom stereocenters. The molecule has 1 unspecified atom stereocenters. The molecule has 1 aliphatic carbocycles. The molecule has 4 fully saturated rings. The Kier molecular flexibility index (Phi) is 4.84. The Morgan fingerprint density at radius 1 is 1.24 bits per heavy atom. The van der Waals surface area contributed by atoms with E-state index >= 15 is 0 Å². The van der Waals surface area contributed by atoms with E-state index in [0.29, 0.717) is 18.0 Å². The fourth-order valence-electron chi connectivity index (χ4n) is 4.55. The number of carbonyl (C=O) groups excluding carboxylic acids is 1. The summed E-state index contributed by atoms with van der Waals surface area (Å²) in [6.45, 7) is 7.28. The quantitative estimate of drug-likeness (QED) is 0.668. The van der Waals surface area contributed by atoms with Gasteiger partial charge in [0, 0.05) is 24.8 Å². The molecule has 0 spiro atoms. The van der Waals surface area contributed by atoms with E-state index in [1.807, 2.05) is 0 Å². The lowest BCUT2D eigenvalue weighted by molar-refractivity contribution is -0.944. The van der Waals surface area contributed by atoms with Crippen molar-refractivity contribution in [1.82, 2.24) is 10.6 Å². The fraction of sp³-hybridized carbons (Fsp3) is 0.824. The minimum Gasteiger partial charge on any atom is -0.335 e. The van der Waals surface area contributed by atoms with Crippen LogP contribution in [-0.2, 0) is 0 Å². The second-order valence-corrected chi connectivity index (χ2v) is 7.18. The highest BCUT2D eigenvalue weighted by atomic mass is 16.2. The first kappa shape index (κ1) is 14.9. The van der Waals surface area contributed by atoms with Crippen molar-refractivity contribution in [3.8, 4) is 0 Å². The van der Waals surface area contributed by atoms with Gasteiger partial charge >= 0.3 is 6.03 Å². The summed E-state index contributed by atoms with van der Waals surface area (Å²) in [6.07, 6.45) is 10.9. The number of piperidine rings is 3. The lowest BCUT2D eigenvalue weighted by Gasteiger charge is -2.46. The van der Waals surface area contributed by atoms with Crippen molar-refractivity contribution in [3.05, 3.63) is 12.7 Å². The molecule has 0 aromatic carbocycles. The van der Waals surface area contributed by atoms with Crippen LogP contribution in [0.15, 0.2) is 12.7 Å². The van der Waals surface area contributed by atoms with Crippen molar-refractivity contribution in [3.63, 3.8) is 0 Å². The van der Waals surface area contributed by atoms with Gasteiger partial charge in [0.05, 0.1) is 19.6 Å². The van der Waals surface area contributed by atoms with E-state index in [4.69, 9.17) is 0 Å². The predicted molar refractivity (Wildman–Crippen MR) is 84.3 cm³/mol. The molecule has 3 heterocycles. The SMILES string of the molecule is C=C[C@H]1C[NH+]2CC[C@H]1C[C@@H]2CNC(=O)NC1CCCCC1. The Balaban J connectivity index is 1.41. The van der Waals surface area contributed by atoms with Crippen LogP contribution < -0.4 is 15.5 Å². The van der Waals surface area contributed by atoms with Crippen molar-refractivity contribution in [2.75, 3.05) is 19.6 Å². The van der Waals surface area contributed by atoms with Gasteiger partial charge in [-0.3, -0.25) is 0 Å². The fourth-order valence-corrected chi connectivity index (χ4v) is 4.55. The summed E-state index contributed by atoms with van der Waals surface area (Å²) >= 11 is 0. The molecule has 3 saturated heterocycles. The molecule has 1 saturated carbocycles. The van der Waals surface area contributed by atoms with Gasteiger partial charge in [-0.1, -0.05) is 25.3 Å². The molecule has 4 heteroatoms. The highest BCUT2D eigenvalue weighted by molar-refractivity contribution is 5.74. The van der Waals surface area contributed by atoms with Crippen molar-refractivity contribution in [1.29, 1.82) is 0 Å². The maximum absolute atomic E-state index is 12.0. The van der Waals surface area contributed by atoms with Gasteiger partial charge in [0.1, 0.15) is 6.04 Å². The number of nitrogens with one attached hydrogen (secondary N) is 3. The summed E-state index contributed by atoms with van der Waals surface area (Å²) in [5.74, 6) is 1.49. The Morgan fingerprint density at radius 2 is 2.05 bits per heavy atom. The molecule has 4 aliphatic rings. The number of fused-ring (bicyclic) bond motifs is 3. The monoisotopic (exact) mass is 292 g/mol. The number of carbonyl (C=O) groups is 1. The molecule has 3 aliphatic heterocycles. The van der Waals surface area contributed by atoms with Crippen LogP contribution in [-0.4, -0.2) is 37.7 Å². The first-order valence-electron chi connectivity index (χ1n) is 8.77. The summed E-state index contributed by atoms with van der Waals surface area (Å²) in [5, 5.41) is 6.27. The van der Waals surface area contributed by atoms with Crippen LogP contribution in [0.2, 0.25) is 0 Å². The third-order valence-electron chi connectivity index (χ3n) is 5.86. The maximum Gasteiger partial charge on any atom is 0.315 e. The maximum atomic E-state index is 12.0. The third-order valence-corrected chi connectivity index (χ3v) is 5.86. The lowest BCUT2D eigenvalue weighted by Crippen LogP contribution is -3.20. The molecule has 21 heavy (non-hydrogen) atoms. The number of quaternary nitrogens is 1. The summed E-state index contributed by atoms with van der Waals surface area (Å²) in [6, 6.07) is 1.06. The summed E-state index contributed by atoms with van der Waals surface area (Å²) in [5.41, 5.74) is 0. The topological polar surface area (TPSA) is 45.6 Å². The van der Waals surface area contributed by atoms with Crippen molar-refractivity contribution < 1.29 is 9.69 Å². The summed E-state index contributed by atoms with van der Waals surface area (Å²) in [4.78, 5) is 13.7. The van der Waals surface area contributed by atoms with Crippen LogP contribution in [0.25, 0.3) is 0 Å². The zero-order chi connectivity index (χ0) is 14.7. The van der Waals surface area contributed by atoms with Crippen LogP contribution in [0.4, 0.5) is 4.79 Å². The molecule has 118 valence electrons. The minimum atomic E-state index is 0.0456. The smallest absolute Gasteiger partial charge is 0.315 e. The van der Waals surface area contributed by atoms with Gasteiger partial charge in [-0.15, -0.1) is 6.58 Å². The molecular formula is C17H30N3O+. The van der Waals surface area contributed by atoms with Crippen LogP contribution in [0.5, 0.6) is 0 Å². The van der Waals surface area contributed by atoms with Gasteiger partial charge in [-0.2, -0.15) is 0 Å². The van der Waals surface area contributed by atoms with Gasteiger partial charge in [0.25, 0.3) is 0 Å². The van der Waals surface area contributed by atoms with Gasteiger partial charge in [0.15, 0.2) is 0 Å². The van der Waals surface area contributed by atoms with Crippen LogP contribution in [0.1, 0.15) is 44.9 Å². The largest absolute Gasteiger partial charge is 0.335 e. The molecule has 2 bridgehead atoms. The second kappa shape index (κ2) is 6.82. The Hall–Kier alpha value is -1.03. The molecule has 2 amide bonds. The van der Waals surface area contributed by atoms with Crippen molar-refractivity contribution >= 4 is 6.03 Å². The van der Waals surface area contributed by atoms with Gasteiger partial charge < -0.3 is 15.5 Å². The van der Waals surface area contributed by atoms with Crippen LogP contribution in [0, 0.1) is 11.8 Å². The molecule has 0 radical (unpaired) electrons. The molecular weight excluding hydrogens is 262 g/mol. The van der Waals surface area contributed by atoms with E-state index in [1.54, 1.807) is 4.90 Å². The summed E-state index contributed by atoms with van der Waals surface area (Å²) in [7, 11) is 0. The van der Waals surface area contributed by atoms with E-state index in [2.05, 4.69) is 23.3 Å². The van der Waals surface area contributed by atoms with Gasteiger partial charge in [-0.05, 0) is 18.8 Å². The zero-order valence-corrected chi connectivity index (χ0v) is 13.1. The number of rotatable bonds is 4. The molecule has 0 aromatic heterocycles. The van der Waals surface area contributed by atoms with E-state index < -0.39 is 0 Å². The normalized spacial score (nSPS) is 36.2. The Bertz CT molecular complexity index is 378. The van der Waals surface area contributed by atoms with Gasteiger partial charge in [-0.25, -0.2) is 4.79 Å². The average Bonchev–Trinajstić information content (AvgIpc) is 2.54. The first-order valence-corrected chi connectivity index (χ1v) is 8.77. The third kappa shape index (κ3) is 3.60. The zero-order valence-electron chi connectivity index (χ0n) is 13.1. The number of hydrogen-bond acceptors (Lipinski definition) is 1. The molecule has 3 N–H and O–H groups in total. The number of urea groups is 1. The van der Waals surface area contributed by atoms with E-state index in [0.717, 1.165) is 25.3 Å². The Labute approximate surface area is 128 Å². The lowest BCUT2D eigenvalue weighted by atomic mass is 9.75.